The summed E-state index contributed by atoms with van der Waals surface area (Å²) in [5.74, 6) is -0.212. The van der Waals surface area contributed by atoms with Gasteiger partial charge in [0.05, 0.1) is 12.2 Å². The number of nitrogens with zero attached hydrogens (tertiary/aromatic N) is 1. The summed E-state index contributed by atoms with van der Waals surface area (Å²) in [6, 6.07) is 3.21. The Balaban J connectivity index is 2.40. The van der Waals surface area contributed by atoms with Crippen molar-refractivity contribution >= 4 is 11.6 Å². The monoisotopic (exact) mass is 288 g/mol. The Morgan fingerprint density at radius 1 is 1.45 bits per heavy atom. The van der Waals surface area contributed by atoms with E-state index in [4.69, 9.17) is 5.11 Å². The van der Waals surface area contributed by atoms with Crippen molar-refractivity contribution in [3.63, 3.8) is 0 Å². The fraction of sp³-hybridized carbons (Fsp3) is 0.462. The lowest BCUT2D eigenvalue weighted by Crippen LogP contribution is -2.54. The van der Waals surface area contributed by atoms with E-state index in [1.165, 1.54) is 12.1 Å². The molecule has 0 bridgehead atoms. The number of amides is 1. The second kappa shape index (κ2) is 5.32. The summed E-state index contributed by atoms with van der Waals surface area (Å²) in [5.41, 5.74) is -0.706. The topological polar surface area (TPSA) is 52.6 Å². The van der Waals surface area contributed by atoms with Crippen LogP contribution in [0, 0.1) is 0 Å². The van der Waals surface area contributed by atoms with Crippen molar-refractivity contribution in [3.05, 3.63) is 29.3 Å². The van der Waals surface area contributed by atoms with Gasteiger partial charge in [0, 0.05) is 18.8 Å². The molecule has 0 saturated carbocycles. The summed E-state index contributed by atoms with van der Waals surface area (Å²) >= 11 is 0. The van der Waals surface area contributed by atoms with E-state index in [0.29, 0.717) is 18.8 Å². The molecule has 1 amide bonds. The SMILES string of the molecule is CC1C(=O)NCCN1c1ccc(CO)c(C(F)(F)F)c1. The van der Waals surface area contributed by atoms with Gasteiger partial charge in [-0.05, 0) is 24.6 Å². The standard InChI is InChI=1S/C13H15F3N2O2/c1-8-12(20)17-4-5-18(8)10-3-2-9(7-19)11(6-10)13(14,15)16/h2-3,6,8,19H,4-5,7H2,1H3,(H,17,20). The largest absolute Gasteiger partial charge is 0.416 e. The second-order valence-corrected chi connectivity index (χ2v) is 4.66. The maximum Gasteiger partial charge on any atom is 0.416 e. The van der Waals surface area contributed by atoms with Crippen LogP contribution in [0.5, 0.6) is 0 Å². The lowest BCUT2D eigenvalue weighted by molar-refractivity contribution is -0.138. The van der Waals surface area contributed by atoms with E-state index >= 15 is 0 Å². The third-order valence-electron chi connectivity index (χ3n) is 3.40. The van der Waals surface area contributed by atoms with E-state index < -0.39 is 24.4 Å². The molecule has 0 radical (unpaired) electrons. The smallest absolute Gasteiger partial charge is 0.392 e. The number of aliphatic hydroxyl groups is 1. The molecular formula is C13H15F3N2O2. The van der Waals surface area contributed by atoms with E-state index in [1.54, 1.807) is 11.8 Å². The average molecular weight is 288 g/mol. The molecule has 1 heterocycles. The van der Waals surface area contributed by atoms with Crippen molar-refractivity contribution in [2.45, 2.75) is 25.7 Å². The predicted molar refractivity (Wildman–Crippen MR) is 67.2 cm³/mol. The molecule has 2 N–H and O–H groups in total. The Kier molecular flexibility index (Phi) is 3.89. The zero-order chi connectivity index (χ0) is 14.9. The van der Waals surface area contributed by atoms with E-state index in [9.17, 15) is 18.0 Å². The minimum absolute atomic E-state index is 0.171. The average Bonchev–Trinajstić information content (AvgIpc) is 2.40. The number of hydrogen-bond acceptors (Lipinski definition) is 3. The van der Waals surface area contributed by atoms with Crippen molar-refractivity contribution in [1.29, 1.82) is 0 Å². The molecule has 110 valence electrons. The van der Waals surface area contributed by atoms with Crippen molar-refractivity contribution < 1.29 is 23.1 Å². The third kappa shape index (κ3) is 2.72. The number of rotatable bonds is 2. The lowest BCUT2D eigenvalue weighted by atomic mass is 10.0. The number of carbonyl (C=O) groups is 1. The fourth-order valence-corrected chi connectivity index (χ4v) is 2.28. The molecule has 0 aromatic heterocycles. The fourth-order valence-electron chi connectivity index (χ4n) is 2.28. The number of benzene rings is 1. The van der Waals surface area contributed by atoms with E-state index in [-0.39, 0.29) is 11.5 Å². The first kappa shape index (κ1) is 14.6. The number of hydrogen-bond donors (Lipinski definition) is 2. The Morgan fingerprint density at radius 3 is 2.75 bits per heavy atom. The van der Waals surface area contributed by atoms with Gasteiger partial charge in [0.1, 0.15) is 6.04 Å². The van der Waals surface area contributed by atoms with Crippen LogP contribution in [0.4, 0.5) is 18.9 Å². The van der Waals surface area contributed by atoms with Crippen LogP contribution >= 0.6 is 0 Å². The van der Waals surface area contributed by atoms with Crippen LogP contribution in [0.25, 0.3) is 0 Å². The first-order chi connectivity index (χ1) is 9.34. The third-order valence-corrected chi connectivity index (χ3v) is 3.40. The van der Waals surface area contributed by atoms with Crippen molar-refractivity contribution in [3.8, 4) is 0 Å². The van der Waals surface area contributed by atoms with Gasteiger partial charge in [0.15, 0.2) is 0 Å². The molecule has 20 heavy (non-hydrogen) atoms. The number of piperazine rings is 1. The zero-order valence-electron chi connectivity index (χ0n) is 10.9. The molecule has 1 atom stereocenters. The number of carbonyl (C=O) groups excluding carboxylic acids is 1. The molecule has 1 aromatic rings. The number of anilines is 1. The van der Waals surface area contributed by atoms with Crippen LogP contribution in [0.1, 0.15) is 18.1 Å². The van der Waals surface area contributed by atoms with Gasteiger partial charge in [-0.15, -0.1) is 0 Å². The van der Waals surface area contributed by atoms with Gasteiger partial charge >= 0.3 is 6.18 Å². The highest BCUT2D eigenvalue weighted by molar-refractivity contribution is 5.86. The van der Waals surface area contributed by atoms with Crippen LogP contribution < -0.4 is 10.2 Å². The highest BCUT2D eigenvalue weighted by Gasteiger charge is 2.34. The molecule has 0 spiro atoms. The first-order valence-electron chi connectivity index (χ1n) is 6.20. The van der Waals surface area contributed by atoms with Gasteiger partial charge in [-0.1, -0.05) is 6.07 Å². The Labute approximate surface area is 114 Å². The molecule has 7 heteroatoms. The molecule has 1 saturated heterocycles. The Bertz CT molecular complexity index is 517. The highest BCUT2D eigenvalue weighted by atomic mass is 19.4. The first-order valence-corrected chi connectivity index (χ1v) is 6.20. The maximum atomic E-state index is 12.9. The molecule has 2 rings (SSSR count). The Morgan fingerprint density at radius 2 is 2.15 bits per heavy atom. The molecule has 1 unspecified atom stereocenters. The highest BCUT2D eigenvalue weighted by Crippen LogP contribution is 2.35. The van der Waals surface area contributed by atoms with Gasteiger partial charge in [-0.3, -0.25) is 4.79 Å². The van der Waals surface area contributed by atoms with Gasteiger partial charge in [-0.25, -0.2) is 0 Å². The summed E-state index contributed by atoms with van der Waals surface area (Å²) in [6.07, 6.45) is -4.53. The van der Waals surface area contributed by atoms with Gasteiger partial charge in [-0.2, -0.15) is 13.2 Å². The normalized spacial score (nSPS) is 19.9. The zero-order valence-corrected chi connectivity index (χ0v) is 10.9. The minimum atomic E-state index is -4.53. The lowest BCUT2D eigenvalue weighted by Gasteiger charge is -2.35. The van der Waals surface area contributed by atoms with Crippen LogP contribution in [0.15, 0.2) is 18.2 Å². The Hall–Kier alpha value is -1.76. The molecule has 4 nitrogen and oxygen atoms in total. The van der Waals surface area contributed by atoms with Gasteiger partial charge in [0.2, 0.25) is 5.91 Å². The van der Waals surface area contributed by atoms with Gasteiger partial charge in [0.25, 0.3) is 0 Å². The van der Waals surface area contributed by atoms with Gasteiger partial charge < -0.3 is 15.3 Å². The van der Waals surface area contributed by atoms with Crippen molar-refractivity contribution in [1.82, 2.24) is 5.32 Å². The van der Waals surface area contributed by atoms with E-state index in [2.05, 4.69) is 5.32 Å². The molecule has 1 aliphatic rings. The summed E-state index contributed by atoms with van der Waals surface area (Å²) < 4.78 is 38.8. The van der Waals surface area contributed by atoms with Crippen LogP contribution in [-0.2, 0) is 17.6 Å². The van der Waals surface area contributed by atoms with Crippen molar-refractivity contribution in [2.24, 2.45) is 0 Å². The summed E-state index contributed by atoms with van der Waals surface area (Å²) in [6.45, 7) is 1.81. The van der Waals surface area contributed by atoms with Crippen molar-refractivity contribution in [2.75, 3.05) is 18.0 Å². The molecule has 1 aromatic carbocycles. The number of halogens is 3. The summed E-state index contributed by atoms with van der Waals surface area (Å²) in [5, 5.41) is 11.7. The number of nitrogens with one attached hydrogen (secondary N) is 1. The van der Waals surface area contributed by atoms with E-state index in [1.807, 2.05) is 0 Å². The molecule has 1 fully saturated rings. The van der Waals surface area contributed by atoms with Crippen LogP contribution in [0.2, 0.25) is 0 Å². The summed E-state index contributed by atoms with van der Waals surface area (Å²) in [4.78, 5) is 13.2. The quantitative estimate of drug-likeness (QED) is 0.867. The number of alkyl halides is 3. The maximum absolute atomic E-state index is 12.9. The second-order valence-electron chi connectivity index (χ2n) is 4.66. The van der Waals surface area contributed by atoms with E-state index in [0.717, 1.165) is 6.07 Å². The number of aliphatic hydroxyl groups excluding tert-OH is 1. The summed E-state index contributed by atoms with van der Waals surface area (Å²) in [7, 11) is 0. The van der Waals surface area contributed by atoms with Crippen LogP contribution in [0.3, 0.4) is 0 Å². The van der Waals surface area contributed by atoms with Crippen LogP contribution in [-0.4, -0.2) is 30.1 Å². The minimum Gasteiger partial charge on any atom is -0.392 e. The molecule has 0 aliphatic carbocycles. The molecule has 1 aliphatic heterocycles. The molecular weight excluding hydrogens is 273 g/mol. The predicted octanol–water partition coefficient (Wildman–Crippen LogP) is 1.52.